The first-order chi connectivity index (χ1) is 6.54. The zero-order chi connectivity index (χ0) is 10.7. The van der Waals surface area contributed by atoms with Crippen LogP contribution in [0.1, 0.15) is 39.2 Å². The van der Waals surface area contributed by atoms with Gasteiger partial charge in [0.15, 0.2) is 0 Å². The van der Waals surface area contributed by atoms with Crippen LogP contribution in [0.3, 0.4) is 0 Å². The van der Waals surface area contributed by atoms with E-state index < -0.39 is 0 Å². The van der Waals surface area contributed by atoms with Gasteiger partial charge in [-0.3, -0.25) is 0 Å². The summed E-state index contributed by atoms with van der Waals surface area (Å²) in [5.41, 5.74) is 1.08. The molecular weight excluding hydrogens is 172 g/mol. The second kappa shape index (κ2) is 4.50. The summed E-state index contributed by atoms with van der Waals surface area (Å²) >= 11 is 0. The molecule has 0 unspecified atom stereocenters. The Morgan fingerprint density at radius 3 is 1.86 bits per heavy atom. The van der Waals surface area contributed by atoms with E-state index in [9.17, 15) is 5.11 Å². The molecule has 0 aromatic heterocycles. The number of aromatic hydroxyl groups is 1. The normalized spacial score (nSPS) is 11.6. The van der Waals surface area contributed by atoms with Crippen molar-refractivity contribution in [1.29, 1.82) is 0 Å². The third-order valence-electron chi connectivity index (χ3n) is 2.73. The van der Waals surface area contributed by atoms with Gasteiger partial charge in [0, 0.05) is 0 Å². The average Bonchev–Trinajstić information content (AvgIpc) is 2.07. The summed E-state index contributed by atoms with van der Waals surface area (Å²) in [4.78, 5) is 0. The van der Waals surface area contributed by atoms with Crippen molar-refractivity contribution >= 4 is 0 Å². The zero-order valence-electron chi connectivity index (χ0n) is 9.49. The van der Waals surface area contributed by atoms with Gasteiger partial charge in [-0.1, -0.05) is 45.9 Å². The topological polar surface area (TPSA) is 20.2 Å². The summed E-state index contributed by atoms with van der Waals surface area (Å²) < 4.78 is 0. The van der Waals surface area contributed by atoms with Crippen LogP contribution in [0, 0.1) is 11.8 Å². The van der Waals surface area contributed by atoms with Crippen LogP contribution in [0.5, 0.6) is 5.75 Å². The Labute approximate surface area is 86.8 Å². The highest BCUT2D eigenvalue weighted by Gasteiger charge is 2.21. The molecule has 0 radical (unpaired) electrons. The van der Waals surface area contributed by atoms with E-state index in [4.69, 9.17) is 0 Å². The monoisotopic (exact) mass is 192 g/mol. The van der Waals surface area contributed by atoms with Crippen molar-refractivity contribution in [2.45, 2.75) is 33.6 Å². The highest BCUT2D eigenvalue weighted by Crippen LogP contribution is 2.36. The Hall–Kier alpha value is -0.980. The van der Waals surface area contributed by atoms with Crippen LogP contribution in [-0.2, 0) is 0 Å². The largest absolute Gasteiger partial charge is 0.508 e. The molecule has 1 rings (SSSR count). The molecule has 1 heteroatoms. The second-order valence-electron chi connectivity index (χ2n) is 4.57. The van der Waals surface area contributed by atoms with Gasteiger partial charge in [0.25, 0.3) is 0 Å². The van der Waals surface area contributed by atoms with Gasteiger partial charge in [0.2, 0.25) is 0 Å². The molecule has 0 aliphatic rings. The molecule has 0 fully saturated rings. The summed E-state index contributed by atoms with van der Waals surface area (Å²) in [7, 11) is 0. The SMILES string of the molecule is CC(C)C(c1ccccc1O)C(C)C. The lowest BCUT2D eigenvalue weighted by Crippen LogP contribution is -2.13. The lowest BCUT2D eigenvalue weighted by molar-refractivity contribution is 0.368. The Morgan fingerprint density at radius 2 is 1.43 bits per heavy atom. The van der Waals surface area contributed by atoms with Crippen LogP contribution in [0.2, 0.25) is 0 Å². The predicted octanol–water partition coefficient (Wildman–Crippen LogP) is 3.79. The summed E-state index contributed by atoms with van der Waals surface area (Å²) in [6.45, 7) is 8.82. The highest BCUT2D eigenvalue weighted by molar-refractivity contribution is 5.35. The maximum Gasteiger partial charge on any atom is 0.119 e. The molecule has 78 valence electrons. The van der Waals surface area contributed by atoms with E-state index in [1.165, 1.54) is 0 Å². The number of para-hydroxylation sites is 1. The van der Waals surface area contributed by atoms with Crippen LogP contribution in [0.25, 0.3) is 0 Å². The number of hydrogen-bond acceptors (Lipinski definition) is 1. The number of phenolic OH excluding ortho intramolecular Hbond substituents is 1. The van der Waals surface area contributed by atoms with E-state index in [1.54, 1.807) is 6.07 Å². The summed E-state index contributed by atoms with van der Waals surface area (Å²) in [6.07, 6.45) is 0. The van der Waals surface area contributed by atoms with Crippen molar-refractivity contribution in [2.24, 2.45) is 11.8 Å². The molecule has 1 N–H and O–H groups in total. The fourth-order valence-electron chi connectivity index (χ4n) is 2.26. The molecule has 0 spiro atoms. The van der Waals surface area contributed by atoms with Gasteiger partial charge in [0.1, 0.15) is 5.75 Å². The van der Waals surface area contributed by atoms with E-state index in [2.05, 4.69) is 27.7 Å². The molecule has 0 aliphatic heterocycles. The standard InChI is InChI=1S/C13H20O/c1-9(2)13(10(3)4)11-7-5-6-8-12(11)14/h5-10,13-14H,1-4H3. The number of rotatable bonds is 3. The van der Waals surface area contributed by atoms with Crippen LogP contribution in [0.4, 0.5) is 0 Å². The van der Waals surface area contributed by atoms with Crippen LogP contribution in [0.15, 0.2) is 24.3 Å². The third kappa shape index (κ3) is 2.28. The fourth-order valence-corrected chi connectivity index (χ4v) is 2.26. The molecule has 0 bridgehead atoms. The molecule has 0 saturated carbocycles. The molecular formula is C13H20O. The van der Waals surface area contributed by atoms with E-state index in [0.717, 1.165) is 5.56 Å². The minimum atomic E-state index is 0.430. The van der Waals surface area contributed by atoms with E-state index >= 15 is 0 Å². The zero-order valence-corrected chi connectivity index (χ0v) is 9.49. The molecule has 0 aliphatic carbocycles. The molecule has 1 aromatic carbocycles. The van der Waals surface area contributed by atoms with Crippen LogP contribution >= 0.6 is 0 Å². The maximum atomic E-state index is 9.78. The van der Waals surface area contributed by atoms with Gasteiger partial charge < -0.3 is 5.11 Å². The smallest absolute Gasteiger partial charge is 0.119 e. The van der Waals surface area contributed by atoms with Gasteiger partial charge in [-0.15, -0.1) is 0 Å². The molecule has 1 nitrogen and oxygen atoms in total. The van der Waals surface area contributed by atoms with Crippen molar-refractivity contribution in [3.05, 3.63) is 29.8 Å². The number of hydrogen-bond donors (Lipinski definition) is 1. The predicted molar refractivity (Wildman–Crippen MR) is 60.5 cm³/mol. The van der Waals surface area contributed by atoms with Crippen molar-refractivity contribution in [1.82, 2.24) is 0 Å². The van der Waals surface area contributed by atoms with Crippen molar-refractivity contribution in [3.8, 4) is 5.75 Å². The minimum absolute atomic E-state index is 0.430. The first-order valence-electron chi connectivity index (χ1n) is 5.32. The molecule has 14 heavy (non-hydrogen) atoms. The first kappa shape index (κ1) is 11.1. The second-order valence-corrected chi connectivity index (χ2v) is 4.57. The Bertz CT molecular complexity index is 281. The number of benzene rings is 1. The lowest BCUT2D eigenvalue weighted by atomic mass is 9.80. The van der Waals surface area contributed by atoms with Crippen LogP contribution < -0.4 is 0 Å². The summed E-state index contributed by atoms with van der Waals surface area (Å²) in [6, 6.07) is 7.66. The van der Waals surface area contributed by atoms with Gasteiger partial charge in [0.05, 0.1) is 0 Å². The Morgan fingerprint density at radius 1 is 0.929 bits per heavy atom. The van der Waals surface area contributed by atoms with Crippen molar-refractivity contribution in [3.63, 3.8) is 0 Å². The Balaban J connectivity index is 3.05. The Kier molecular flexibility index (Phi) is 3.56. The molecule has 0 saturated heterocycles. The average molecular weight is 192 g/mol. The van der Waals surface area contributed by atoms with E-state index in [1.807, 2.05) is 18.2 Å². The minimum Gasteiger partial charge on any atom is -0.508 e. The molecule has 0 atom stereocenters. The van der Waals surface area contributed by atoms with Gasteiger partial charge >= 0.3 is 0 Å². The van der Waals surface area contributed by atoms with Gasteiger partial charge in [-0.05, 0) is 29.4 Å². The third-order valence-corrected chi connectivity index (χ3v) is 2.73. The lowest BCUT2D eigenvalue weighted by Gasteiger charge is -2.25. The molecule has 0 amide bonds. The highest BCUT2D eigenvalue weighted by atomic mass is 16.3. The maximum absolute atomic E-state index is 9.78. The summed E-state index contributed by atoms with van der Waals surface area (Å²) in [5.74, 6) is 1.99. The van der Waals surface area contributed by atoms with Crippen molar-refractivity contribution < 1.29 is 5.11 Å². The first-order valence-corrected chi connectivity index (χ1v) is 5.32. The van der Waals surface area contributed by atoms with E-state index in [0.29, 0.717) is 23.5 Å². The fraction of sp³-hybridized carbons (Fsp3) is 0.538. The van der Waals surface area contributed by atoms with Gasteiger partial charge in [-0.25, -0.2) is 0 Å². The number of phenols is 1. The van der Waals surface area contributed by atoms with Crippen molar-refractivity contribution in [2.75, 3.05) is 0 Å². The van der Waals surface area contributed by atoms with Gasteiger partial charge in [-0.2, -0.15) is 0 Å². The summed E-state index contributed by atoms with van der Waals surface area (Å²) in [5, 5.41) is 9.78. The molecule has 0 heterocycles. The quantitative estimate of drug-likeness (QED) is 0.772. The van der Waals surface area contributed by atoms with E-state index in [-0.39, 0.29) is 0 Å². The van der Waals surface area contributed by atoms with Crippen LogP contribution in [-0.4, -0.2) is 5.11 Å². The molecule has 1 aromatic rings.